The van der Waals surface area contributed by atoms with Crippen LogP contribution in [0.15, 0.2) is 36.5 Å². The molecule has 6 heteroatoms. The highest BCUT2D eigenvalue weighted by Crippen LogP contribution is 2.26. The van der Waals surface area contributed by atoms with Crippen molar-refractivity contribution in [1.29, 1.82) is 0 Å². The molecule has 0 saturated carbocycles. The number of hydrogen-bond donors (Lipinski definition) is 1. The third kappa shape index (κ3) is 3.41. The van der Waals surface area contributed by atoms with Gasteiger partial charge in [0, 0.05) is 31.5 Å². The number of rotatable bonds is 4. The van der Waals surface area contributed by atoms with Crippen molar-refractivity contribution in [3.05, 3.63) is 47.9 Å². The predicted molar refractivity (Wildman–Crippen MR) is 88.8 cm³/mol. The van der Waals surface area contributed by atoms with Crippen LogP contribution in [0.1, 0.15) is 23.1 Å². The Morgan fingerprint density at radius 2 is 2.22 bits per heavy atom. The summed E-state index contributed by atoms with van der Waals surface area (Å²) in [7, 11) is 2.08. The molecule has 0 bridgehead atoms. The van der Waals surface area contributed by atoms with E-state index in [4.69, 9.17) is 4.74 Å². The van der Waals surface area contributed by atoms with E-state index in [0.29, 0.717) is 12.4 Å². The Hall–Kier alpha value is -2.63. The van der Waals surface area contributed by atoms with Gasteiger partial charge in [-0.25, -0.2) is 14.8 Å². The molecule has 120 valence electrons. The fourth-order valence-corrected chi connectivity index (χ4v) is 2.85. The summed E-state index contributed by atoms with van der Waals surface area (Å²) < 4.78 is 4.94. The van der Waals surface area contributed by atoms with Gasteiger partial charge in [0.05, 0.1) is 6.61 Å². The molecule has 1 aliphatic rings. The van der Waals surface area contributed by atoms with E-state index in [0.717, 1.165) is 13.0 Å². The number of ether oxygens (including phenoxy) is 1. The van der Waals surface area contributed by atoms with E-state index < -0.39 is 5.97 Å². The highest BCUT2D eigenvalue weighted by molar-refractivity contribution is 5.85. The number of nitrogens with one attached hydrogen (secondary N) is 1. The Labute approximate surface area is 135 Å². The van der Waals surface area contributed by atoms with Gasteiger partial charge in [-0.3, -0.25) is 0 Å². The molecule has 1 N–H and O–H groups in total. The van der Waals surface area contributed by atoms with E-state index in [1.54, 1.807) is 19.2 Å². The average Bonchev–Trinajstić information content (AvgIpc) is 2.55. The van der Waals surface area contributed by atoms with E-state index in [2.05, 4.69) is 51.5 Å². The zero-order valence-electron chi connectivity index (χ0n) is 13.3. The Morgan fingerprint density at radius 3 is 3.04 bits per heavy atom. The van der Waals surface area contributed by atoms with Crippen LogP contribution in [0.5, 0.6) is 0 Å². The van der Waals surface area contributed by atoms with Gasteiger partial charge in [0.25, 0.3) is 0 Å². The van der Waals surface area contributed by atoms with Gasteiger partial charge < -0.3 is 15.0 Å². The van der Waals surface area contributed by atoms with Crippen LogP contribution in [0.2, 0.25) is 0 Å². The van der Waals surface area contributed by atoms with Gasteiger partial charge in [-0.15, -0.1) is 0 Å². The minimum atomic E-state index is -0.498. The van der Waals surface area contributed by atoms with Crippen LogP contribution >= 0.6 is 0 Å². The lowest BCUT2D eigenvalue weighted by molar-refractivity contribution is 0.0512. The number of carbonyl (C=O) groups excluding carboxylic acids is 1. The SMILES string of the molecule is CCOC(=O)c1nccc(N[C@@H]2Cc3ccccc3N(C)C2)n1. The molecule has 0 fully saturated rings. The summed E-state index contributed by atoms with van der Waals surface area (Å²) in [5.41, 5.74) is 2.57. The second-order valence-electron chi connectivity index (χ2n) is 5.54. The van der Waals surface area contributed by atoms with Crippen LogP contribution in [0.25, 0.3) is 0 Å². The molecule has 0 saturated heterocycles. The number of aromatic nitrogens is 2. The summed E-state index contributed by atoms with van der Waals surface area (Å²) in [6.07, 6.45) is 2.49. The quantitative estimate of drug-likeness (QED) is 0.872. The highest BCUT2D eigenvalue weighted by Gasteiger charge is 2.22. The third-order valence-corrected chi connectivity index (χ3v) is 3.83. The standard InChI is InChI=1S/C17H20N4O2/c1-3-23-17(22)16-18-9-8-15(20-16)19-13-10-12-6-4-5-7-14(12)21(2)11-13/h4-9,13H,3,10-11H2,1-2H3,(H,18,19,20)/t13-/m1/s1. The maximum absolute atomic E-state index is 11.7. The number of para-hydroxylation sites is 1. The van der Waals surface area contributed by atoms with E-state index in [9.17, 15) is 4.79 Å². The molecule has 2 aromatic rings. The minimum Gasteiger partial charge on any atom is -0.460 e. The molecule has 6 nitrogen and oxygen atoms in total. The number of anilines is 2. The van der Waals surface area contributed by atoms with E-state index in [-0.39, 0.29) is 11.9 Å². The van der Waals surface area contributed by atoms with Crippen LogP contribution in [0.3, 0.4) is 0 Å². The number of nitrogens with zero attached hydrogens (tertiary/aromatic N) is 3. The predicted octanol–water partition coefficient (Wildman–Crippen LogP) is 2.13. The number of likely N-dealkylation sites (N-methyl/N-ethyl adjacent to an activating group) is 1. The molecular formula is C17H20N4O2. The molecule has 0 aliphatic carbocycles. The maximum atomic E-state index is 11.7. The molecule has 2 heterocycles. The number of carbonyl (C=O) groups is 1. The molecular weight excluding hydrogens is 292 g/mol. The summed E-state index contributed by atoms with van der Waals surface area (Å²) in [5, 5.41) is 3.39. The zero-order valence-corrected chi connectivity index (χ0v) is 13.3. The number of esters is 1. The molecule has 0 spiro atoms. The molecule has 1 aliphatic heterocycles. The van der Waals surface area contributed by atoms with Crippen molar-refractivity contribution < 1.29 is 9.53 Å². The van der Waals surface area contributed by atoms with Gasteiger partial charge in [-0.1, -0.05) is 18.2 Å². The summed E-state index contributed by atoms with van der Waals surface area (Å²) in [6, 6.07) is 10.4. The number of fused-ring (bicyclic) bond motifs is 1. The van der Waals surface area contributed by atoms with Crippen molar-refractivity contribution >= 4 is 17.5 Å². The van der Waals surface area contributed by atoms with Crippen LogP contribution in [-0.2, 0) is 11.2 Å². The minimum absolute atomic E-state index is 0.0846. The molecule has 1 atom stereocenters. The van der Waals surface area contributed by atoms with Gasteiger partial charge in [0.1, 0.15) is 5.82 Å². The maximum Gasteiger partial charge on any atom is 0.376 e. The summed E-state index contributed by atoms with van der Waals surface area (Å²) in [6.45, 7) is 2.94. The monoisotopic (exact) mass is 312 g/mol. The summed E-state index contributed by atoms with van der Waals surface area (Å²) in [5.74, 6) is 0.226. The number of hydrogen-bond acceptors (Lipinski definition) is 6. The smallest absolute Gasteiger partial charge is 0.376 e. The van der Waals surface area contributed by atoms with Crippen molar-refractivity contribution in [2.24, 2.45) is 0 Å². The second kappa shape index (κ2) is 6.64. The highest BCUT2D eigenvalue weighted by atomic mass is 16.5. The topological polar surface area (TPSA) is 67.3 Å². The lowest BCUT2D eigenvalue weighted by Crippen LogP contribution is -2.40. The van der Waals surface area contributed by atoms with Crippen molar-refractivity contribution in [2.75, 3.05) is 30.4 Å². The van der Waals surface area contributed by atoms with Crippen molar-refractivity contribution in [1.82, 2.24) is 9.97 Å². The fraction of sp³-hybridized carbons (Fsp3) is 0.353. The Bertz CT molecular complexity index is 704. The fourth-order valence-electron chi connectivity index (χ4n) is 2.85. The molecule has 3 rings (SSSR count). The largest absolute Gasteiger partial charge is 0.460 e. The van der Waals surface area contributed by atoms with Crippen molar-refractivity contribution in [3.8, 4) is 0 Å². The van der Waals surface area contributed by atoms with E-state index in [1.165, 1.54) is 11.3 Å². The van der Waals surface area contributed by atoms with E-state index >= 15 is 0 Å². The lowest BCUT2D eigenvalue weighted by Gasteiger charge is -2.34. The Balaban J connectivity index is 1.73. The van der Waals surface area contributed by atoms with Crippen molar-refractivity contribution in [2.45, 2.75) is 19.4 Å². The van der Waals surface area contributed by atoms with Crippen LogP contribution < -0.4 is 10.2 Å². The summed E-state index contributed by atoms with van der Waals surface area (Å²) in [4.78, 5) is 22.2. The molecule has 23 heavy (non-hydrogen) atoms. The van der Waals surface area contributed by atoms with Gasteiger partial charge in [0.2, 0.25) is 5.82 Å². The summed E-state index contributed by atoms with van der Waals surface area (Å²) >= 11 is 0. The van der Waals surface area contributed by atoms with Gasteiger partial charge in [0.15, 0.2) is 0 Å². The first-order valence-electron chi connectivity index (χ1n) is 7.73. The van der Waals surface area contributed by atoms with Crippen LogP contribution in [0.4, 0.5) is 11.5 Å². The normalized spacial score (nSPS) is 16.6. The first kappa shape index (κ1) is 15.3. The molecule has 1 aromatic carbocycles. The van der Waals surface area contributed by atoms with E-state index in [1.807, 2.05) is 0 Å². The molecule has 0 amide bonds. The molecule has 0 radical (unpaired) electrons. The second-order valence-corrected chi connectivity index (χ2v) is 5.54. The van der Waals surface area contributed by atoms with Crippen molar-refractivity contribution in [3.63, 3.8) is 0 Å². The lowest BCUT2D eigenvalue weighted by atomic mass is 9.98. The van der Waals surface area contributed by atoms with Crippen LogP contribution in [0, 0.1) is 0 Å². The first-order chi connectivity index (χ1) is 11.2. The first-order valence-corrected chi connectivity index (χ1v) is 7.73. The molecule has 0 unspecified atom stereocenters. The molecule has 1 aromatic heterocycles. The van der Waals surface area contributed by atoms with Gasteiger partial charge in [-0.2, -0.15) is 0 Å². The average molecular weight is 312 g/mol. The number of benzene rings is 1. The van der Waals surface area contributed by atoms with Gasteiger partial charge >= 0.3 is 5.97 Å². The Kier molecular flexibility index (Phi) is 4.41. The zero-order chi connectivity index (χ0) is 16.2. The third-order valence-electron chi connectivity index (χ3n) is 3.83. The Morgan fingerprint density at radius 1 is 1.39 bits per heavy atom. The van der Waals surface area contributed by atoms with Crippen LogP contribution in [-0.4, -0.2) is 42.2 Å². The van der Waals surface area contributed by atoms with Gasteiger partial charge in [-0.05, 0) is 31.0 Å².